The minimum atomic E-state index is 0.735. The van der Waals surface area contributed by atoms with Crippen LogP contribution in [0, 0.1) is 6.92 Å². The summed E-state index contributed by atoms with van der Waals surface area (Å²) in [7, 11) is 0. The number of rotatable bonds is 1. The monoisotopic (exact) mass is 305 g/mol. The molecule has 3 nitrogen and oxygen atoms in total. The van der Waals surface area contributed by atoms with E-state index in [1.54, 1.807) is 23.7 Å². The van der Waals surface area contributed by atoms with Crippen LogP contribution in [-0.2, 0) is 0 Å². The van der Waals surface area contributed by atoms with Crippen LogP contribution in [0.2, 0.25) is 0 Å². The van der Waals surface area contributed by atoms with E-state index in [2.05, 4.69) is 37.8 Å². The van der Waals surface area contributed by atoms with Crippen LogP contribution in [0.15, 0.2) is 35.2 Å². The van der Waals surface area contributed by atoms with Gasteiger partial charge in [-0.1, -0.05) is 0 Å². The van der Waals surface area contributed by atoms with E-state index in [9.17, 15) is 0 Å². The Bertz CT molecular complexity index is 679. The fourth-order valence-electron chi connectivity index (χ4n) is 1.62. The summed E-state index contributed by atoms with van der Waals surface area (Å²) in [6.45, 7) is 2.07. The van der Waals surface area contributed by atoms with Crippen molar-refractivity contribution in [3.63, 3.8) is 0 Å². The highest BCUT2D eigenvalue weighted by Crippen LogP contribution is 2.34. The van der Waals surface area contributed by atoms with Crippen molar-refractivity contribution < 1.29 is 0 Å². The predicted molar refractivity (Wildman–Crippen MR) is 73.1 cm³/mol. The van der Waals surface area contributed by atoms with E-state index >= 15 is 0 Å². The van der Waals surface area contributed by atoms with Crippen LogP contribution in [0.4, 0.5) is 0 Å². The van der Waals surface area contributed by atoms with Gasteiger partial charge in [0.1, 0.15) is 0 Å². The summed E-state index contributed by atoms with van der Waals surface area (Å²) in [6, 6.07) is 3.82. The smallest absolute Gasteiger partial charge is 0.159 e. The molecule has 0 amide bonds. The highest BCUT2D eigenvalue weighted by Gasteiger charge is 2.10. The zero-order valence-electron chi connectivity index (χ0n) is 9.01. The molecule has 3 heterocycles. The molecule has 17 heavy (non-hydrogen) atoms. The molecule has 0 radical (unpaired) electrons. The van der Waals surface area contributed by atoms with Crippen molar-refractivity contribution in [1.82, 2.24) is 15.0 Å². The fraction of sp³-hybridized carbons (Fsp3) is 0.0833. The number of hydrogen-bond donors (Lipinski definition) is 0. The third-order valence-electron chi connectivity index (χ3n) is 2.47. The second kappa shape index (κ2) is 4.16. The standard InChI is InChI=1S/C12H8BrN3S/c1-7-10(13)11-9(17-7)6-15-12(16-11)8-2-4-14-5-3-8/h2-6H,1H3. The highest BCUT2D eigenvalue weighted by atomic mass is 79.9. The third-order valence-corrected chi connectivity index (χ3v) is 4.74. The molecule has 3 aromatic heterocycles. The van der Waals surface area contributed by atoms with Gasteiger partial charge in [0.2, 0.25) is 0 Å². The molecule has 0 bridgehead atoms. The molecule has 84 valence electrons. The van der Waals surface area contributed by atoms with Crippen LogP contribution in [0.1, 0.15) is 4.88 Å². The lowest BCUT2D eigenvalue weighted by molar-refractivity contribution is 1.22. The van der Waals surface area contributed by atoms with E-state index in [1.165, 1.54) is 4.88 Å². The van der Waals surface area contributed by atoms with E-state index in [4.69, 9.17) is 0 Å². The maximum absolute atomic E-state index is 4.59. The number of halogens is 1. The molecule has 3 rings (SSSR count). The highest BCUT2D eigenvalue weighted by molar-refractivity contribution is 9.10. The van der Waals surface area contributed by atoms with Crippen LogP contribution >= 0.6 is 27.3 Å². The van der Waals surface area contributed by atoms with Crippen molar-refractivity contribution in [1.29, 1.82) is 0 Å². The number of nitrogens with zero attached hydrogens (tertiary/aromatic N) is 3. The minimum absolute atomic E-state index is 0.735. The molecule has 0 aliphatic rings. The van der Waals surface area contributed by atoms with Crippen LogP contribution in [0.5, 0.6) is 0 Å². The van der Waals surface area contributed by atoms with E-state index in [1.807, 2.05) is 18.3 Å². The quantitative estimate of drug-likeness (QED) is 0.686. The molecule has 0 fully saturated rings. The van der Waals surface area contributed by atoms with Crippen LogP contribution in [-0.4, -0.2) is 15.0 Å². The summed E-state index contributed by atoms with van der Waals surface area (Å²) in [4.78, 5) is 14.2. The normalized spacial score (nSPS) is 10.9. The van der Waals surface area contributed by atoms with Crippen molar-refractivity contribution >= 4 is 37.5 Å². The number of aromatic nitrogens is 3. The zero-order chi connectivity index (χ0) is 11.8. The van der Waals surface area contributed by atoms with Gasteiger partial charge in [-0.25, -0.2) is 9.97 Å². The van der Waals surface area contributed by atoms with Crippen molar-refractivity contribution in [2.75, 3.05) is 0 Å². The van der Waals surface area contributed by atoms with Crippen LogP contribution < -0.4 is 0 Å². The summed E-state index contributed by atoms with van der Waals surface area (Å²) in [5.41, 5.74) is 1.96. The van der Waals surface area contributed by atoms with E-state index in [-0.39, 0.29) is 0 Å². The number of hydrogen-bond acceptors (Lipinski definition) is 4. The zero-order valence-corrected chi connectivity index (χ0v) is 11.4. The first kappa shape index (κ1) is 10.8. The van der Waals surface area contributed by atoms with Crippen LogP contribution in [0.3, 0.4) is 0 Å². The molecule has 0 spiro atoms. The molecule has 0 atom stereocenters. The summed E-state index contributed by atoms with van der Waals surface area (Å²) in [6.07, 6.45) is 5.37. The van der Waals surface area contributed by atoms with Gasteiger partial charge in [0.25, 0.3) is 0 Å². The van der Waals surface area contributed by atoms with Gasteiger partial charge in [-0.3, -0.25) is 4.98 Å². The Morgan fingerprint density at radius 2 is 2.00 bits per heavy atom. The molecule has 0 saturated carbocycles. The molecule has 0 unspecified atom stereocenters. The van der Waals surface area contributed by atoms with Gasteiger partial charge in [-0.2, -0.15) is 0 Å². The number of thiophene rings is 1. The van der Waals surface area contributed by atoms with Gasteiger partial charge in [-0.05, 0) is 35.0 Å². The minimum Gasteiger partial charge on any atom is -0.265 e. The van der Waals surface area contributed by atoms with Crippen molar-refractivity contribution in [3.8, 4) is 11.4 Å². The van der Waals surface area contributed by atoms with Crippen LogP contribution in [0.25, 0.3) is 21.6 Å². The van der Waals surface area contributed by atoms with Gasteiger partial charge < -0.3 is 0 Å². The number of fused-ring (bicyclic) bond motifs is 1. The van der Waals surface area contributed by atoms with Gasteiger partial charge in [0.05, 0.1) is 14.7 Å². The number of pyridine rings is 1. The van der Waals surface area contributed by atoms with Gasteiger partial charge in [-0.15, -0.1) is 11.3 Å². The Labute approximate surface area is 111 Å². The van der Waals surface area contributed by atoms with E-state index in [0.29, 0.717) is 0 Å². The fourth-order valence-corrected chi connectivity index (χ4v) is 3.16. The van der Waals surface area contributed by atoms with E-state index in [0.717, 1.165) is 26.1 Å². The SMILES string of the molecule is Cc1sc2cnc(-c3ccncc3)nc2c1Br. The first-order valence-electron chi connectivity index (χ1n) is 5.08. The van der Waals surface area contributed by atoms with Crippen molar-refractivity contribution in [2.24, 2.45) is 0 Å². The molecule has 5 heteroatoms. The van der Waals surface area contributed by atoms with Gasteiger partial charge in [0, 0.05) is 29.0 Å². The molecular weight excluding hydrogens is 298 g/mol. The predicted octanol–water partition coefficient (Wildman–Crippen LogP) is 3.82. The Morgan fingerprint density at radius 1 is 1.24 bits per heavy atom. The van der Waals surface area contributed by atoms with Crippen molar-refractivity contribution in [2.45, 2.75) is 6.92 Å². The first-order valence-corrected chi connectivity index (χ1v) is 6.68. The Hall–Kier alpha value is -1.33. The Kier molecular flexibility index (Phi) is 2.64. The molecular formula is C12H8BrN3S. The molecule has 0 N–H and O–H groups in total. The third kappa shape index (κ3) is 1.85. The molecule has 0 aliphatic carbocycles. The Balaban J connectivity index is 2.23. The topological polar surface area (TPSA) is 38.7 Å². The largest absolute Gasteiger partial charge is 0.265 e. The van der Waals surface area contributed by atoms with E-state index < -0.39 is 0 Å². The van der Waals surface area contributed by atoms with Gasteiger partial charge in [0.15, 0.2) is 5.82 Å². The second-order valence-corrected chi connectivity index (χ2v) is 5.66. The molecule has 0 aliphatic heterocycles. The maximum Gasteiger partial charge on any atom is 0.159 e. The molecule has 0 aromatic carbocycles. The first-order chi connectivity index (χ1) is 8.25. The summed E-state index contributed by atoms with van der Waals surface area (Å²) >= 11 is 5.26. The summed E-state index contributed by atoms with van der Waals surface area (Å²) in [5.74, 6) is 0.735. The van der Waals surface area contributed by atoms with Gasteiger partial charge >= 0.3 is 0 Å². The average molecular weight is 306 g/mol. The lowest BCUT2D eigenvalue weighted by Gasteiger charge is -1.99. The molecule has 0 saturated heterocycles. The molecule has 3 aromatic rings. The maximum atomic E-state index is 4.59. The lowest BCUT2D eigenvalue weighted by Crippen LogP contribution is -1.88. The lowest BCUT2D eigenvalue weighted by atomic mass is 10.2. The summed E-state index contributed by atoms with van der Waals surface area (Å²) in [5, 5.41) is 0. The summed E-state index contributed by atoms with van der Waals surface area (Å²) < 4.78 is 2.17. The average Bonchev–Trinajstić information content (AvgIpc) is 2.66. The van der Waals surface area contributed by atoms with Crippen molar-refractivity contribution in [3.05, 3.63) is 40.1 Å². The second-order valence-electron chi connectivity index (χ2n) is 3.61. The Morgan fingerprint density at radius 3 is 2.76 bits per heavy atom. The number of aryl methyl sites for hydroxylation is 1.